The van der Waals surface area contributed by atoms with E-state index in [1.54, 1.807) is 0 Å². The molecule has 3 rings (SSSR count). The molecule has 0 aliphatic carbocycles. The van der Waals surface area contributed by atoms with Crippen molar-refractivity contribution in [3.63, 3.8) is 0 Å². The molecule has 3 nitrogen and oxygen atoms in total. The molecule has 0 fully saturated rings. The lowest BCUT2D eigenvalue weighted by molar-refractivity contribution is -0.117. The van der Waals surface area contributed by atoms with Crippen molar-refractivity contribution in [3.05, 3.63) is 77.4 Å². The molecule has 3 heteroatoms. The number of carbonyl (C=O) groups is 1. The number of para-hydroxylation sites is 1. The van der Waals surface area contributed by atoms with Gasteiger partial charge in [0, 0.05) is 12.2 Å². The van der Waals surface area contributed by atoms with E-state index in [-0.39, 0.29) is 5.91 Å². The van der Waals surface area contributed by atoms with Gasteiger partial charge in [0.15, 0.2) is 0 Å². The molecular formula is C23H26N2O. The van der Waals surface area contributed by atoms with Crippen LogP contribution in [0.1, 0.15) is 23.6 Å². The lowest BCUT2D eigenvalue weighted by Gasteiger charge is -2.18. The Hall–Kier alpha value is -2.65. The van der Waals surface area contributed by atoms with Crippen molar-refractivity contribution in [2.75, 3.05) is 18.9 Å². The Kier molecular flexibility index (Phi) is 5.69. The number of nitrogens with one attached hydrogen (secondary N) is 1. The minimum absolute atomic E-state index is 0.0253. The number of hydrogen-bond acceptors (Lipinski definition) is 2. The van der Waals surface area contributed by atoms with Crippen LogP contribution in [0, 0.1) is 6.92 Å². The molecule has 3 aromatic carbocycles. The Morgan fingerprint density at radius 3 is 2.54 bits per heavy atom. The van der Waals surface area contributed by atoms with E-state index in [4.69, 9.17) is 0 Å². The summed E-state index contributed by atoms with van der Waals surface area (Å²) in [6.07, 6.45) is 0.907. The van der Waals surface area contributed by atoms with Crippen LogP contribution in [0.5, 0.6) is 0 Å². The zero-order valence-corrected chi connectivity index (χ0v) is 15.8. The van der Waals surface area contributed by atoms with Gasteiger partial charge in [0.05, 0.1) is 6.54 Å². The summed E-state index contributed by atoms with van der Waals surface area (Å²) in [6.45, 7) is 5.25. The van der Waals surface area contributed by atoms with Gasteiger partial charge >= 0.3 is 0 Å². The van der Waals surface area contributed by atoms with Gasteiger partial charge in [-0.3, -0.25) is 9.69 Å². The minimum Gasteiger partial charge on any atom is -0.324 e. The zero-order chi connectivity index (χ0) is 18.5. The summed E-state index contributed by atoms with van der Waals surface area (Å²) in [7, 11) is 1.98. The zero-order valence-electron chi connectivity index (χ0n) is 15.8. The van der Waals surface area contributed by atoms with Crippen LogP contribution in [-0.2, 0) is 17.8 Å². The molecule has 0 radical (unpaired) electrons. The second-order valence-electron chi connectivity index (χ2n) is 6.86. The number of hydrogen-bond donors (Lipinski definition) is 1. The number of carbonyl (C=O) groups excluding carboxylic acids is 1. The number of fused-ring (bicyclic) bond motifs is 1. The van der Waals surface area contributed by atoms with E-state index < -0.39 is 0 Å². The van der Waals surface area contributed by atoms with E-state index >= 15 is 0 Å². The Labute approximate surface area is 155 Å². The molecule has 0 aromatic heterocycles. The van der Waals surface area contributed by atoms with E-state index in [0.717, 1.165) is 24.2 Å². The van der Waals surface area contributed by atoms with E-state index in [0.29, 0.717) is 6.54 Å². The lowest BCUT2D eigenvalue weighted by atomic mass is 10.1. The van der Waals surface area contributed by atoms with Gasteiger partial charge in [0.25, 0.3) is 0 Å². The molecule has 0 atom stereocenters. The third kappa shape index (κ3) is 4.30. The maximum Gasteiger partial charge on any atom is 0.238 e. The summed E-state index contributed by atoms with van der Waals surface area (Å²) < 4.78 is 0. The Balaban J connectivity index is 1.64. The second-order valence-corrected chi connectivity index (χ2v) is 6.86. The first-order valence-corrected chi connectivity index (χ1v) is 9.11. The Morgan fingerprint density at radius 1 is 1.00 bits per heavy atom. The first kappa shape index (κ1) is 18.2. The molecule has 0 spiro atoms. The van der Waals surface area contributed by atoms with E-state index in [1.807, 2.05) is 31.0 Å². The molecule has 134 valence electrons. The van der Waals surface area contributed by atoms with Crippen LogP contribution in [0.2, 0.25) is 0 Å². The van der Waals surface area contributed by atoms with Crippen molar-refractivity contribution < 1.29 is 4.79 Å². The van der Waals surface area contributed by atoms with Crippen LogP contribution < -0.4 is 5.32 Å². The highest BCUT2D eigenvalue weighted by molar-refractivity contribution is 5.93. The van der Waals surface area contributed by atoms with Gasteiger partial charge in [-0.25, -0.2) is 0 Å². The Morgan fingerprint density at radius 2 is 1.77 bits per heavy atom. The number of amides is 1. The topological polar surface area (TPSA) is 32.3 Å². The lowest BCUT2D eigenvalue weighted by Crippen LogP contribution is -2.30. The molecule has 0 unspecified atom stereocenters. The minimum atomic E-state index is 0.0253. The maximum atomic E-state index is 12.5. The van der Waals surface area contributed by atoms with Crippen molar-refractivity contribution in [1.29, 1.82) is 0 Å². The number of likely N-dealkylation sites (N-methyl/N-ethyl adjacent to an activating group) is 1. The fraction of sp³-hybridized carbons (Fsp3) is 0.261. The standard InChI is InChI=1S/C23H26N2O/c1-4-19-11-7-8-17(2)23(19)24-22(26)16-25(3)15-18-12-13-20-9-5-6-10-21(20)14-18/h5-14H,4,15-16H2,1-3H3,(H,24,26). The number of anilines is 1. The highest BCUT2D eigenvalue weighted by Crippen LogP contribution is 2.21. The van der Waals surface area contributed by atoms with Crippen LogP contribution in [0.25, 0.3) is 10.8 Å². The molecule has 1 amide bonds. The molecule has 0 aliphatic heterocycles. The molecular weight excluding hydrogens is 320 g/mol. The number of benzene rings is 3. The first-order chi connectivity index (χ1) is 12.6. The maximum absolute atomic E-state index is 12.5. The number of aryl methyl sites for hydroxylation is 2. The Bertz CT molecular complexity index is 917. The smallest absolute Gasteiger partial charge is 0.238 e. The van der Waals surface area contributed by atoms with Gasteiger partial charge in [-0.2, -0.15) is 0 Å². The SMILES string of the molecule is CCc1cccc(C)c1NC(=O)CN(C)Cc1ccc2ccccc2c1. The van der Waals surface area contributed by atoms with E-state index in [1.165, 1.54) is 21.9 Å². The van der Waals surface area contributed by atoms with Gasteiger partial charge in [-0.05, 0) is 53.9 Å². The fourth-order valence-corrected chi connectivity index (χ4v) is 3.33. The van der Waals surface area contributed by atoms with Gasteiger partial charge in [0.1, 0.15) is 0 Å². The third-order valence-electron chi connectivity index (χ3n) is 4.68. The van der Waals surface area contributed by atoms with E-state index in [2.05, 4.69) is 60.8 Å². The molecule has 0 saturated carbocycles. The molecule has 0 aliphatic rings. The van der Waals surface area contributed by atoms with Crippen LogP contribution in [0.15, 0.2) is 60.7 Å². The second kappa shape index (κ2) is 8.15. The van der Waals surface area contributed by atoms with Crippen LogP contribution in [0.4, 0.5) is 5.69 Å². The molecule has 0 heterocycles. The summed E-state index contributed by atoms with van der Waals surface area (Å²) >= 11 is 0. The molecule has 0 bridgehead atoms. The number of nitrogens with zero attached hydrogens (tertiary/aromatic N) is 1. The summed E-state index contributed by atoms with van der Waals surface area (Å²) in [5.41, 5.74) is 4.45. The average molecular weight is 346 g/mol. The summed E-state index contributed by atoms with van der Waals surface area (Å²) in [4.78, 5) is 14.5. The van der Waals surface area contributed by atoms with Crippen molar-refractivity contribution in [3.8, 4) is 0 Å². The molecule has 1 N–H and O–H groups in total. The van der Waals surface area contributed by atoms with Crippen molar-refractivity contribution >= 4 is 22.4 Å². The predicted octanol–water partition coefficient (Wildman–Crippen LogP) is 4.78. The first-order valence-electron chi connectivity index (χ1n) is 9.11. The van der Waals surface area contributed by atoms with Crippen molar-refractivity contribution in [2.45, 2.75) is 26.8 Å². The van der Waals surface area contributed by atoms with Crippen LogP contribution in [0.3, 0.4) is 0 Å². The molecule has 3 aromatic rings. The van der Waals surface area contributed by atoms with E-state index in [9.17, 15) is 4.79 Å². The monoisotopic (exact) mass is 346 g/mol. The highest BCUT2D eigenvalue weighted by Gasteiger charge is 2.11. The molecule has 0 saturated heterocycles. The largest absolute Gasteiger partial charge is 0.324 e. The summed E-state index contributed by atoms with van der Waals surface area (Å²) in [5.74, 6) is 0.0253. The normalized spacial score (nSPS) is 11.1. The average Bonchev–Trinajstić information content (AvgIpc) is 2.63. The van der Waals surface area contributed by atoms with Crippen molar-refractivity contribution in [1.82, 2.24) is 4.90 Å². The summed E-state index contributed by atoms with van der Waals surface area (Å²) in [6, 6.07) is 20.9. The summed E-state index contributed by atoms with van der Waals surface area (Å²) in [5, 5.41) is 5.57. The molecule has 26 heavy (non-hydrogen) atoms. The highest BCUT2D eigenvalue weighted by atomic mass is 16.2. The number of rotatable bonds is 6. The van der Waals surface area contributed by atoms with Gasteiger partial charge < -0.3 is 5.32 Å². The van der Waals surface area contributed by atoms with Gasteiger partial charge in [-0.1, -0.05) is 61.5 Å². The quantitative estimate of drug-likeness (QED) is 0.696. The van der Waals surface area contributed by atoms with Gasteiger partial charge in [0.2, 0.25) is 5.91 Å². The fourth-order valence-electron chi connectivity index (χ4n) is 3.33. The van der Waals surface area contributed by atoms with Gasteiger partial charge in [-0.15, -0.1) is 0 Å². The third-order valence-corrected chi connectivity index (χ3v) is 4.68. The van der Waals surface area contributed by atoms with Crippen LogP contribution in [-0.4, -0.2) is 24.4 Å². The van der Waals surface area contributed by atoms with Crippen molar-refractivity contribution in [2.24, 2.45) is 0 Å². The van der Waals surface area contributed by atoms with Crippen LogP contribution >= 0.6 is 0 Å². The predicted molar refractivity (Wildman–Crippen MR) is 109 cm³/mol.